The summed E-state index contributed by atoms with van der Waals surface area (Å²) >= 11 is 0. The third-order valence-corrected chi connectivity index (χ3v) is 2.73. The molecule has 0 atom stereocenters. The van der Waals surface area contributed by atoms with E-state index in [-0.39, 0.29) is 25.0 Å². The quantitative estimate of drug-likeness (QED) is 0.569. The fourth-order valence-electron chi connectivity index (χ4n) is 1.67. The van der Waals surface area contributed by atoms with Crippen molar-refractivity contribution in [3.63, 3.8) is 0 Å². The van der Waals surface area contributed by atoms with Crippen molar-refractivity contribution >= 4 is 17.5 Å². The molecular formula is C15H23N3O3. The van der Waals surface area contributed by atoms with Crippen molar-refractivity contribution in [2.45, 2.75) is 26.3 Å². The summed E-state index contributed by atoms with van der Waals surface area (Å²) in [6, 6.07) is 6.99. The molecule has 1 rings (SSSR count). The molecule has 2 amide bonds. The van der Waals surface area contributed by atoms with E-state index in [0.717, 1.165) is 0 Å². The average molecular weight is 293 g/mol. The van der Waals surface area contributed by atoms with E-state index in [1.54, 1.807) is 24.3 Å². The molecule has 0 radical (unpaired) electrons. The van der Waals surface area contributed by atoms with Crippen LogP contribution in [-0.2, 0) is 4.79 Å². The lowest BCUT2D eigenvalue weighted by Crippen LogP contribution is -2.27. The van der Waals surface area contributed by atoms with Crippen molar-refractivity contribution in [3.8, 4) is 0 Å². The second kappa shape index (κ2) is 9.10. The second-order valence-electron chi connectivity index (χ2n) is 4.96. The van der Waals surface area contributed by atoms with E-state index in [2.05, 4.69) is 16.0 Å². The highest BCUT2D eigenvalue weighted by Gasteiger charge is 2.06. The summed E-state index contributed by atoms with van der Waals surface area (Å²) in [7, 11) is 0. The van der Waals surface area contributed by atoms with Gasteiger partial charge in [-0.3, -0.25) is 9.59 Å². The molecule has 0 aliphatic carbocycles. The Morgan fingerprint density at radius 3 is 2.38 bits per heavy atom. The van der Waals surface area contributed by atoms with Crippen LogP contribution in [0.5, 0.6) is 0 Å². The molecule has 0 aliphatic rings. The SMILES string of the molecule is CC(C)NCCC(=O)Nc1ccc(C(=O)NCCO)cc1. The zero-order valence-corrected chi connectivity index (χ0v) is 12.5. The van der Waals surface area contributed by atoms with Crippen molar-refractivity contribution in [3.05, 3.63) is 29.8 Å². The molecule has 1 aromatic rings. The largest absolute Gasteiger partial charge is 0.395 e. The first-order chi connectivity index (χ1) is 10.0. The van der Waals surface area contributed by atoms with Gasteiger partial charge in [0.05, 0.1) is 6.61 Å². The number of nitrogens with one attached hydrogen (secondary N) is 3. The fourth-order valence-corrected chi connectivity index (χ4v) is 1.67. The first kappa shape index (κ1) is 17.1. The van der Waals surface area contributed by atoms with Crippen molar-refractivity contribution in [1.82, 2.24) is 10.6 Å². The summed E-state index contributed by atoms with van der Waals surface area (Å²) in [5, 5.41) is 17.2. The molecule has 0 unspecified atom stereocenters. The van der Waals surface area contributed by atoms with Gasteiger partial charge < -0.3 is 21.1 Å². The lowest BCUT2D eigenvalue weighted by Gasteiger charge is -2.09. The zero-order valence-electron chi connectivity index (χ0n) is 12.5. The Morgan fingerprint density at radius 1 is 1.14 bits per heavy atom. The molecule has 0 heterocycles. The van der Waals surface area contributed by atoms with Gasteiger partial charge in [0.15, 0.2) is 0 Å². The number of anilines is 1. The number of aliphatic hydroxyl groups is 1. The predicted octanol–water partition coefficient (Wildman–Crippen LogP) is 0.735. The highest BCUT2D eigenvalue weighted by atomic mass is 16.3. The maximum absolute atomic E-state index is 11.7. The average Bonchev–Trinajstić information content (AvgIpc) is 2.45. The molecule has 0 saturated heterocycles. The van der Waals surface area contributed by atoms with Gasteiger partial charge in [0.25, 0.3) is 5.91 Å². The standard InChI is InChI=1S/C15H23N3O3/c1-11(2)16-8-7-14(20)18-13-5-3-12(4-6-13)15(21)17-9-10-19/h3-6,11,16,19H,7-10H2,1-2H3,(H,17,21)(H,18,20). The van der Waals surface area contributed by atoms with Crippen molar-refractivity contribution < 1.29 is 14.7 Å². The van der Waals surface area contributed by atoms with Crippen LogP contribution in [0.3, 0.4) is 0 Å². The van der Waals surface area contributed by atoms with E-state index in [0.29, 0.717) is 30.3 Å². The molecule has 6 nitrogen and oxygen atoms in total. The van der Waals surface area contributed by atoms with Gasteiger partial charge in [0.1, 0.15) is 0 Å². The minimum atomic E-state index is -0.247. The van der Waals surface area contributed by atoms with E-state index in [1.165, 1.54) is 0 Å². The molecule has 0 spiro atoms. The minimum absolute atomic E-state index is 0.0689. The van der Waals surface area contributed by atoms with Crippen LogP contribution < -0.4 is 16.0 Å². The molecule has 4 N–H and O–H groups in total. The third kappa shape index (κ3) is 6.87. The summed E-state index contributed by atoms with van der Waals surface area (Å²) in [5.41, 5.74) is 1.14. The summed E-state index contributed by atoms with van der Waals surface area (Å²) in [6.07, 6.45) is 0.400. The Labute approximate surface area is 124 Å². The van der Waals surface area contributed by atoms with Crippen molar-refractivity contribution in [1.29, 1.82) is 0 Å². The van der Waals surface area contributed by atoms with E-state index in [4.69, 9.17) is 5.11 Å². The normalized spacial score (nSPS) is 10.5. The Balaban J connectivity index is 2.43. The zero-order chi connectivity index (χ0) is 15.7. The minimum Gasteiger partial charge on any atom is -0.395 e. The molecular weight excluding hydrogens is 270 g/mol. The van der Waals surface area contributed by atoms with E-state index in [1.807, 2.05) is 13.8 Å². The summed E-state index contributed by atoms with van der Waals surface area (Å²) in [6.45, 7) is 4.81. The molecule has 0 saturated carbocycles. The van der Waals surface area contributed by atoms with Crippen LogP contribution in [-0.4, -0.2) is 42.7 Å². The molecule has 0 aliphatic heterocycles. The van der Waals surface area contributed by atoms with Crippen molar-refractivity contribution in [2.75, 3.05) is 25.0 Å². The molecule has 21 heavy (non-hydrogen) atoms. The van der Waals surface area contributed by atoms with Crippen LogP contribution in [0, 0.1) is 0 Å². The Kier molecular flexibility index (Phi) is 7.42. The summed E-state index contributed by atoms with van der Waals surface area (Å²) in [4.78, 5) is 23.3. The van der Waals surface area contributed by atoms with E-state index >= 15 is 0 Å². The van der Waals surface area contributed by atoms with Gasteiger partial charge >= 0.3 is 0 Å². The van der Waals surface area contributed by atoms with Gasteiger partial charge in [0.2, 0.25) is 5.91 Å². The van der Waals surface area contributed by atoms with Gasteiger partial charge in [-0.1, -0.05) is 13.8 Å². The topological polar surface area (TPSA) is 90.5 Å². The van der Waals surface area contributed by atoms with Gasteiger partial charge in [-0.05, 0) is 24.3 Å². The second-order valence-corrected chi connectivity index (χ2v) is 4.96. The molecule has 116 valence electrons. The Morgan fingerprint density at radius 2 is 1.81 bits per heavy atom. The lowest BCUT2D eigenvalue weighted by atomic mass is 10.2. The number of benzene rings is 1. The van der Waals surface area contributed by atoms with E-state index in [9.17, 15) is 9.59 Å². The van der Waals surface area contributed by atoms with Gasteiger partial charge in [-0.2, -0.15) is 0 Å². The van der Waals surface area contributed by atoms with Crippen LogP contribution in [0.2, 0.25) is 0 Å². The van der Waals surface area contributed by atoms with Crippen LogP contribution >= 0.6 is 0 Å². The Bertz CT molecular complexity index is 458. The number of aliphatic hydroxyl groups excluding tert-OH is 1. The van der Waals surface area contributed by atoms with Gasteiger partial charge in [-0.25, -0.2) is 0 Å². The molecule has 1 aromatic carbocycles. The van der Waals surface area contributed by atoms with Gasteiger partial charge in [-0.15, -0.1) is 0 Å². The third-order valence-electron chi connectivity index (χ3n) is 2.73. The van der Waals surface area contributed by atoms with Crippen LogP contribution in [0.25, 0.3) is 0 Å². The molecule has 6 heteroatoms. The number of rotatable bonds is 8. The number of hydrogen-bond acceptors (Lipinski definition) is 4. The monoisotopic (exact) mass is 293 g/mol. The first-order valence-electron chi connectivity index (χ1n) is 7.05. The number of carbonyl (C=O) groups is 2. The molecule has 0 aromatic heterocycles. The summed E-state index contributed by atoms with van der Waals surface area (Å²) < 4.78 is 0. The van der Waals surface area contributed by atoms with Crippen LogP contribution in [0.1, 0.15) is 30.6 Å². The van der Waals surface area contributed by atoms with Crippen LogP contribution in [0.15, 0.2) is 24.3 Å². The number of amides is 2. The highest BCUT2D eigenvalue weighted by molar-refractivity contribution is 5.95. The first-order valence-corrected chi connectivity index (χ1v) is 7.05. The van der Waals surface area contributed by atoms with E-state index < -0.39 is 0 Å². The summed E-state index contributed by atoms with van der Waals surface area (Å²) in [5.74, 6) is -0.316. The lowest BCUT2D eigenvalue weighted by molar-refractivity contribution is -0.116. The maximum Gasteiger partial charge on any atom is 0.251 e. The van der Waals surface area contributed by atoms with Gasteiger partial charge in [0, 0.05) is 36.8 Å². The van der Waals surface area contributed by atoms with Crippen LogP contribution in [0.4, 0.5) is 5.69 Å². The predicted molar refractivity (Wildman–Crippen MR) is 82.2 cm³/mol. The fraction of sp³-hybridized carbons (Fsp3) is 0.467. The maximum atomic E-state index is 11.7. The van der Waals surface area contributed by atoms with Crippen molar-refractivity contribution in [2.24, 2.45) is 0 Å². The highest BCUT2D eigenvalue weighted by Crippen LogP contribution is 2.09. The Hall–Kier alpha value is -1.92. The molecule has 0 fully saturated rings. The number of carbonyl (C=O) groups excluding carboxylic acids is 2. The number of hydrogen-bond donors (Lipinski definition) is 4. The molecule has 0 bridgehead atoms. The smallest absolute Gasteiger partial charge is 0.251 e.